The molecule has 1 saturated heterocycles. The molecule has 0 saturated carbocycles. The van der Waals surface area contributed by atoms with Gasteiger partial charge in [-0.3, -0.25) is 0 Å². The summed E-state index contributed by atoms with van der Waals surface area (Å²) in [7, 11) is -3.73. The Morgan fingerprint density at radius 1 is 1.32 bits per heavy atom. The van der Waals surface area contributed by atoms with Gasteiger partial charge in [-0.05, 0) is 12.1 Å². The minimum Gasteiger partial charge on any atom is -0.379 e. The summed E-state index contributed by atoms with van der Waals surface area (Å²) in [6, 6.07) is 4.18. The first-order chi connectivity index (χ1) is 8.46. The first-order valence-corrected chi connectivity index (χ1v) is 7.29. The van der Waals surface area contributed by atoms with Crippen molar-refractivity contribution >= 4 is 45.4 Å². The van der Waals surface area contributed by atoms with Gasteiger partial charge in [-0.2, -0.15) is 8.42 Å². The third-order valence-corrected chi connectivity index (χ3v) is 3.01. The monoisotopic (exact) mass is 298 g/mol. The number of halogens is 1. The van der Waals surface area contributed by atoms with Gasteiger partial charge >= 0.3 is 10.1 Å². The molecule has 1 heterocycles. The number of nitrogens with zero attached hydrogens (tertiary/aromatic N) is 1. The van der Waals surface area contributed by atoms with Gasteiger partial charge in [0.1, 0.15) is 0 Å². The van der Waals surface area contributed by atoms with Crippen molar-refractivity contribution in [1.29, 1.82) is 0 Å². The molecule has 0 aromatic heterocycles. The molecule has 1 aliphatic heterocycles. The Morgan fingerprint density at radius 2 is 1.95 bits per heavy atom. The number of ether oxygens (including phenoxy) is 1. The molecule has 1 radical (unpaired) electrons. The third-order valence-electron chi connectivity index (χ3n) is 2.53. The number of morpholine rings is 1. The standard InChI is InChI=1S/C11H14FNO4S.Na/c1-18(14,15)17-11-8-9(2-3-10(11)12)13-4-6-16-7-5-13;/h2-3,8H,4-7H2,1H3;. The smallest absolute Gasteiger partial charge is 0.306 e. The second-order valence-electron chi connectivity index (χ2n) is 4.00. The van der Waals surface area contributed by atoms with Crippen LogP contribution in [0.1, 0.15) is 0 Å². The maximum Gasteiger partial charge on any atom is 0.306 e. The molecule has 0 aliphatic carbocycles. The van der Waals surface area contributed by atoms with Crippen LogP contribution in [-0.2, 0) is 14.9 Å². The minimum absolute atomic E-state index is 0. The minimum atomic E-state index is -3.73. The van der Waals surface area contributed by atoms with Gasteiger partial charge in [-0.1, -0.05) is 0 Å². The quantitative estimate of drug-likeness (QED) is 0.605. The normalized spacial score (nSPS) is 15.8. The molecule has 5 nitrogen and oxygen atoms in total. The van der Waals surface area contributed by atoms with Gasteiger partial charge in [-0.15, -0.1) is 0 Å². The molecule has 2 rings (SSSR count). The number of hydrogen-bond donors (Lipinski definition) is 0. The maximum atomic E-state index is 13.4. The summed E-state index contributed by atoms with van der Waals surface area (Å²) in [5.74, 6) is -0.973. The zero-order valence-electron chi connectivity index (χ0n) is 10.9. The van der Waals surface area contributed by atoms with E-state index in [0.717, 1.165) is 11.9 Å². The molecular formula is C11H14FNNaO4S. The number of anilines is 1. The summed E-state index contributed by atoms with van der Waals surface area (Å²) in [4.78, 5) is 1.98. The van der Waals surface area contributed by atoms with Crippen molar-refractivity contribution in [3.05, 3.63) is 24.0 Å². The topological polar surface area (TPSA) is 55.8 Å². The Bertz CT molecular complexity index is 531. The van der Waals surface area contributed by atoms with Gasteiger partial charge in [0, 0.05) is 54.4 Å². The fourth-order valence-electron chi connectivity index (χ4n) is 1.74. The van der Waals surface area contributed by atoms with E-state index < -0.39 is 15.9 Å². The van der Waals surface area contributed by atoms with Gasteiger partial charge in [0.2, 0.25) is 0 Å². The van der Waals surface area contributed by atoms with E-state index in [0.29, 0.717) is 26.3 Å². The molecule has 1 aromatic rings. The largest absolute Gasteiger partial charge is 0.379 e. The average Bonchev–Trinajstić information content (AvgIpc) is 2.31. The third kappa shape index (κ3) is 4.92. The molecule has 0 bridgehead atoms. The van der Waals surface area contributed by atoms with E-state index in [1.807, 2.05) is 4.90 Å². The second kappa shape index (κ2) is 6.90. The van der Waals surface area contributed by atoms with E-state index in [4.69, 9.17) is 4.74 Å². The van der Waals surface area contributed by atoms with E-state index in [1.54, 1.807) is 6.07 Å². The van der Waals surface area contributed by atoms with Crippen LogP contribution in [0, 0.1) is 5.82 Å². The van der Waals surface area contributed by atoms with Crippen LogP contribution in [0.15, 0.2) is 18.2 Å². The zero-order chi connectivity index (χ0) is 13.2. The van der Waals surface area contributed by atoms with Crippen molar-refractivity contribution in [3.8, 4) is 5.75 Å². The Balaban J connectivity index is 0.00000180. The molecule has 1 aliphatic rings. The van der Waals surface area contributed by atoms with Crippen LogP contribution in [-0.4, -0.2) is 70.5 Å². The summed E-state index contributed by atoms with van der Waals surface area (Å²) in [5.41, 5.74) is 0.721. The molecule has 101 valence electrons. The fourth-order valence-corrected chi connectivity index (χ4v) is 2.19. The van der Waals surface area contributed by atoms with E-state index >= 15 is 0 Å². The zero-order valence-corrected chi connectivity index (χ0v) is 13.7. The molecule has 8 heteroatoms. The van der Waals surface area contributed by atoms with Crippen LogP contribution in [0.3, 0.4) is 0 Å². The van der Waals surface area contributed by atoms with Gasteiger partial charge < -0.3 is 13.8 Å². The Morgan fingerprint density at radius 3 is 2.53 bits per heavy atom. The number of benzene rings is 1. The molecule has 19 heavy (non-hydrogen) atoms. The van der Waals surface area contributed by atoms with E-state index in [9.17, 15) is 12.8 Å². The predicted octanol–water partition coefficient (Wildman–Crippen LogP) is 0.620. The predicted molar refractivity (Wildman–Crippen MR) is 70.7 cm³/mol. The number of rotatable bonds is 3. The van der Waals surface area contributed by atoms with Gasteiger partial charge in [0.05, 0.1) is 19.5 Å². The van der Waals surface area contributed by atoms with Crippen LogP contribution in [0.5, 0.6) is 5.75 Å². The molecule has 1 fully saturated rings. The summed E-state index contributed by atoms with van der Waals surface area (Å²) in [5, 5.41) is 0. The first-order valence-electron chi connectivity index (χ1n) is 5.47. The SMILES string of the molecule is CS(=O)(=O)Oc1cc(N2CCOCC2)ccc1F.[Na]. The second-order valence-corrected chi connectivity index (χ2v) is 5.58. The first kappa shape index (κ1) is 16.7. The van der Waals surface area contributed by atoms with Crippen molar-refractivity contribution in [3.63, 3.8) is 0 Å². The van der Waals surface area contributed by atoms with Crippen LogP contribution < -0.4 is 9.08 Å². The fraction of sp³-hybridized carbons (Fsp3) is 0.455. The molecular weight excluding hydrogens is 284 g/mol. The molecule has 0 N–H and O–H groups in total. The van der Waals surface area contributed by atoms with Crippen LogP contribution >= 0.6 is 0 Å². The Hall–Kier alpha value is -0.340. The molecule has 0 unspecified atom stereocenters. The van der Waals surface area contributed by atoms with E-state index in [1.165, 1.54) is 12.1 Å². The van der Waals surface area contributed by atoms with E-state index in [-0.39, 0.29) is 35.3 Å². The van der Waals surface area contributed by atoms with Crippen LogP contribution in [0.25, 0.3) is 0 Å². The maximum absolute atomic E-state index is 13.4. The molecule has 1 aromatic carbocycles. The van der Waals surface area contributed by atoms with Gasteiger partial charge in [0.25, 0.3) is 0 Å². The van der Waals surface area contributed by atoms with Gasteiger partial charge in [0.15, 0.2) is 11.6 Å². The van der Waals surface area contributed by atoms with Crippen molar-refractivity contribution in [2.75, 3.05) is 37.5 Å². The average molecular weight is 298 g/mol. The summed E-state index contributed by atoms with van der Waals surface area (Å²) in [6.45, 7) is 2.56. The summed E-state index contributed by atoms with van der Waals surface area (Å²) in [6.07, 6.45) is 0.883. The Labute approximate surface area is 134 Å². The van der Waals surface area contributed by atoms with E-state index in [2.05, 4.69) is 4.18 Å². The molecule has 0 amide bonds. The van der Waals surface area contributed by atoms with Crippen LogP contribution in [0.2, 0.25) is 0 Å². The van der Waals surface area contributed by atoms with Crippen molar-refractivity contribution in [2.45, 2.75) is 0 Å². The van der Waals surface area contributed by atoms with Crippen molar-refractivity contribution in [2.24, 2.45) is 0 Å². The molecule has 0 atom stereocenters. The van der Waals surface area contributed by atoms with Crippen molar-refractivity contribution < 1.29 is 21.7 Å². The van der Waals surface area contributed by atoms with Crippen LogP contribution in [0.4, 0.5) is 10.1 Å². The molecule has 0 spiro atoms. The van der Waals surface area contributed by atoms with Gasteiger partial charge in [-0.25, -0.2) is 4.39 Å². The Kier molecular flexibility index (Phi) is 6.07. The van der Waals surface area contributed by atoms with Crippen molar-refractivity contribution in [1.82, 2.24) is 0 Å². The summed E-state index contributed by atoms with van der Waals surface area (Å²) >= 11 is 0. The summed E-state index contributed by atoms with van der Waals surface area (Å²) < 4.78 is 45.3. The number of hydrogen-bond acceptors (Lipinski definition) is 5.